The van der Waals surface area contributed by atoms with Crippen molar-refractivity contribution in [3.63, 3.8) is 0 Å². The summed E-state index contributed by atoms with van der Waals surface area (Å²) in [5.41, 5.74) is 0.273. The first-order valence-electron chi connectivity index (χ1n) is 4.32. The van der Waals surface area contributed by atoms with E-state index in [4.69, 9.17) is 45.4 Å². The van der Waals surface area contributed by atoms with E-state index in [1.807, 2.05) is 13.0 Å². The molecule has 0 fully saturated rings. The minimum atomic E-state index is 0.273. The van der Waals surface area contributed by atoms with Crippen LogP contribution in [0.2, 0.25) is 10.0 Å². The van der Waals surface area contributed by atoms with Gasteiger partial charge in [-0.05, 0) is 43.0 Å². The molecular weight excluding hydrogens is 285 g/mol. The lowest BCUT2D eigenvalue weighted by molar-refractivity contribution is 0.346. The molecule has 1 aromatic rings. The van der Waals surface area contributed by atoms with Gasteiger partial charge in [0.05, 0.1) is 22.2 Å². The Morgan fingerprint density at radius 1 is 1.50 bits per heavy atom. The van der Waals surface area contributed by atoms with E-state index >= 15 is 0 Å². The highest BCUT2D eigenvalue weighted by molar-refractivity contribution is 8.22. The van der Waals surface area contributed by atoms with Crippen LogP contribution in [0.4, 0.5) is 0 Å². The van der Waals surface area contributed by atoms with Crippen LogP contribution in [0.1, 0.15) is 12.5 Å². The van der Waals surface area contributed by atoms with Crippen LogP contribution in [0.3, 0.4) is 0 Å². The lowest BCUT2D eigenvalue weighted by atomic mass is 10.2. The first kappa shape index (κ1) is 13.6. The number of thioether (sulfide) groups is 1. The highest BCUT2D eigenvalue weighted by Crippen LogP contribution is 2.31. The van der Waals surface area contributed by atoms with Gasteiger partial charge < -0.3 is 4.74 Å². The molecule has 0 bridgehead atoms. The SMILES string of the molecule is CCOC(=S)Sc1cc(Cl)c(C#N)c(Cl)c1. The van der Waals surface area contributed by atoms with Gasteiger partial charge in [0, 0.05) is 4.90 Å². The monoisotopic (exact) mass is 291 g/mol. The molecule has 0 N–H and O–H groups in total. The van der Waals surface area contributed by atoms with Crippen molar-refractivity contribution >= 4 is 51.6 Å². The van der Waals surface area contributed by atoms with Crippen molar-refractivity contribution in [1.82, 2.24) is 0 Å². The topological polar surface area (TPSA) is 33.0 Å². The Balaban J connectivity index is 2.93. The molecule has 0 atom stereocenters. The lowest BCUT2D eigenvalue weighted by Crippen LogP contribution is -1.95. The fraction of sp³-hybridized carbons (Fsp3) is 0.200. The zero-order chi connectivity index (χ0) is 12.1. The molecule has 16 heavy (non-hydrogen) atoms. The third-order valence-electron chi connectivity index (χ3n) is 1.59. The maximum absolute atomic E-state index is 8.78. The molecule has 0 aliphatic carbocycles. The molecule has 0 radical (unpaired) electrons. The zero-order valence-corrected chi connectivity index (χ0v) is 11.4. The lowest BCUT2D eigenvalue weighted by Gasteiger charge is -2.06. The first-order chi connectivity index (χ1) is 7.58. The van der Waals surface area contributed by atoms with Gasteiger partial charge >= 0.3 is 0 Å². The molecule has 0 heterocycles. The van der Waals surface area contributed by atoms with Crippen molar-refractivity contribution in [2.75, 3.05) is 6.61 Å². The summed E-state index contributed by atoms with van der Waals surface area (Å²) in [7, 11) is 0. The Bertz CT molecular complexity index is 434. The van der Waals surface area contributed by atoms with Gasteiger partial charge in [0.15, 0.2) is 0 Å². The minimum absolute atomic E-state index is 0.273. The van der Waals surface area contributed by atoms with Crippen LogP contribution in [0.25, 0.3) is 0 Å². The van der Waals surface area contributed by atoms with E-state index in [-0.39, 0.29) is 5.56 Å². The minimum Gasteiger partial charge on any atom is -0.479 e. The summed E-state index contributed by atoms with van der Waals surface area (Å²) < 4.78 is 5.53. The van der Waals surface area contributed by atoms with Crippen LogP contribution in [-0.4, -0.2) is 11.0 Å². The number of nitriles is 1. The molecule has 1 aromatic carbocycles. The number of rotatable bonds is 2. The van der Waals surface area contributed by atoms with Crippen LogP contribution >= 0.6 is 47.2 Å². The van der Waals surface area contributed by atoms with Crippen LogP contribution in [-0.2, 0) is 4.74 Å². The van der Waals surface area contributed by atoms with Crippen molar-refractivity contribution in [2.24, 2.45) is 0 Å². The normalized spacial score (nSPS) is 9.62. The summed E-state index contributed by atoms with van der Waals surface area (Å²) in [5, 5.41) is 9.41. The second-order valence-electron chi connectivity index (χ2n) is 2.66. The Hall–Kier alpha value is -0.470. The molecular formula is C10H7Cl2NOS2. The molecule has 0 unspecified atom stereocenters. The Morgan fingerprint density at radius 3 is 2.50 bits per heavy atom. The smallest absolute Gasteiger partial charge is 0.224 e. The molecule has 0 spiro atoms. The van der Waals surface area contributed by atoms with Gasteiger partial charge in [0.2, 0.25) is 4.38 Å². The third-order valence-corrected chi connectivity index (χ3v) is 3.31. The third kappa shape index (κ3) is 3.53. The largest absolute Gasteiger partial charge is 0.479 e. The highest BCUT2D eigenvalue weighted by Gasteiger charge is 2.09. The van der Waals surface area contributed by atoms with E-state index < -0.39 is 0 Å². The summed E-state index contributed by atoms with van der Waals surface area (Å²) >= 11 is 18.0. The predicted molar refractivity (Wildman–Crippen MR) is 71.3 cm³/mol. The number of hydrogen-bond acceptors (Lipinski definition) is 4. The van der Waals surface area contributed by atoms with Crippen molar-refractivity contribution in [3.05, 3.63) is 27.7 Å². The van der Waals surface area contributed by atoms with Crippen molar-refractivity contribution in [2.45, 2.75) is 11.8 Å². The molecule has 84 valence electrons. The van der Waals surface area contributed by atoms with Crippen molar-refractivity contribution < 1.29 is 4.74 Å². The number of halogens is 2. The molecule has 0 aliphatic rings. The number of ether oxygens (including phenoxy) is 1. The quantitative estimate of drug-likeness (QED) is 0.601. The molecule has 6 heteroatoms. The van der Waals surface area contributed by atoms with Crippen LogP contribution < -0.4 is 0 Å². The molecule has 0 amide bonds. The van der Waals surface area contributed by atoms with E-state index in [1.165, 1.54) is 11.8 Å². The second-order valence-corrected chi connectivity index (χ2v) is 5.15. The number of nitrogens with zero attached hydrogens (tertiary/aromatic N) is 1. The van der Waals surface area contributed by atoms with Gasteiger partial charge in [-0.1, -0.05) is 23.2 Å². The molecule has 0 saturated carbocycles. The highest BCUT2D eigenvalue weighted by atomic mass is 35.5. The van der Waals surface area contributed by atoms with Crippen LogP contribution in [0.15, 0.2) is 17.0 Å². The standard InChI is InChI=1S/C10H7Cl2NOS2/c1-2-14-10(15)16-6-3-8(11)7(5-13)9(12)4-6/h3-4H,2H2,1H3. The number of thiocarbonyl (C=S) groups is 1. The van der Waals surface area contributed by atoms with Gasteiger partial charge in [-0.3, -0.25) is 0 Å². The average molecular weight is 292 g/mol. The second kappa shape index (κ2) is 6.31. The van der Waals surface area contributed by atoms with E-state index in [9.17, 15) is 0 Å². The summed E-state index contributed by atoms with van der Waals surface area (Å²) in [4.78, 5) is 0.757. The fourth-order valence-corrected chi connectivity index (χ4v) is 2.79. The summed E-state index contributed by atoms with van der Waals surface area (Å²) in [6.07, 6.45) is 0. The van der Waals surface area contributed by atoms with Crippen LogP contribution in [0, 0.1) is 11.3 Å². The van der Waals surface area contributed by atoms with Gasteiger partial charge in [0.1, 0.15) is 6.07 Å². The summed E-state index contributed by atoms with van der Waals surface area (Å²) in [5.74, 6) is 0. The Labute approximate surface area is 113 Å². The summed E-state index contributed by atoms with van der Waals surface area (Å²) in [6.45, 7) is 2.37. The zero-order valence-electron chi connectivity index (χ0n) is 8.29. The molecule has 0 aromatic heterocycles. The van der Waals surface area contributed by atoms with Crippen molar-refractivity contribution in [3.8, 4) is 6.07 Å². The molecule has 0 aliphatic heterocycles. The average Bonchev–Trinajstić information content (AvgIpc) is 2.17. The fourth-order valence-electron chi connectivity index (χ4n) is 0.959. The van der Waals surface area contributed by atoms with Crippen molar-refractivity contribution in [1.29, 1.82) is 5.26 Å². The van der Waals surface area contributed by atoms with E-state index in [2.05, 4.69) is 0 Å². The molecule has 1 rings (SSSR count). The number of hydrogen-bond donors (Lipinski definition) is 0. The maximum Gasteiger partial charge on any atom is 0.224 e. The summed E-state index contributed by atoms with van der Waals surface area (Å²) in [6, 6.07) is 5.21. The van der Waals surface area contributed by atoms with Gasteiger partial charge in [-0.2, -0.15) is 5.26 Å². The van der Waals surface area contributed by atoms with E-state index in [0.29, 0.717) is 21.0 Å². The Morgan fingerprint density at radius 2 is 2.06 bits per heavy atom. The van der Waals surface area contributed by atoms with Gasteiger partial charge in [0.25, 0.3) is 0 Å². The molecule has 2 nitrogen and oxygen atoms in total. The van der Waals surface area contributed by atoms with Gasteiger partial charge in [-0.25, -0.2) is 0 Å². The first-order valence-corrected chi connectivity index (χ1v) is 6.30. The van der Waals surface area contributed by atoms with Crippen LogP contribution in [0.5, 0.6) is 0 Å². The number of benzene rings is 1. The predicted octanol–water partition coefficient (Wildman–Crippen LogP) is 4.28. The van der Waals surface area contributed by atoms with E-state index in [0.717, 1.165) is 4.90 Å². The van der Waals surface area contributed by atoms with Gasteiger partial charge in [-0.15, -0.1) is 0 Å². The maximum atomic E-state index is 8.78. The van der Waals surface area contributed by atoms with E-state index in [1.54, 1.807) is 12.1 Å². The Kier molecular flexibility index (Phi) is 5.36. The molecule has 0 saturated heterocycles.